The molecular weight excluding hydrogens is 451 g/mol. The number of benzene rings is 1. The predicted octanol–water partition coefficient (Wildman–Crippen LogP) is 3.83. The summed E-state index contributed by atoms with van der Waals surface area (Å²) in [4.78, 5) is 29.1. The molecule has 0 aliphatic rings. The number of anilines is 4. The Bertz CT molecular complexity index is 1390. The highest BCUT2D eigenvalue weighted by Crippen LogP contribution is 2.25. The summed E-state index contributed by atoms with van der Waals surface area (Å²) in [5.41, 5.74) is 1.85. The number of hydrogen-bond donors (Lipinski definition) is 4. The molecule has 4 rings (SSSR count). The topological polar surface area (TPSA) is 130 Å². The zero-order valence-electron chi connectivity index (χ0n) is 19.5. The van der Waals surface area contributed by atoms with E-state index in [1.54, 1.807) is 29.9 Å². The van der Waals surface area contributed by atoms with Crippen molar-refractivity contribution < 1.29 is 9.18 Å². The highest BCUT2D eigenvalue weighted by Gasteiger charge is 2.14. The molecule has 0 fully saturated rings. The van der Waals surface area contributed by atoms with Crippen LogP contribution in [0.1, 0.15) is 29.4 Å². The van der Waals surface area contributed by atoms with E-state index < -0.39 is 17.3 Å². The Morgan fingerprint density at radius 1 is 1.11 bits per heavy atom. The molecule has 4 aromatic rings. The summed E-state index contributed by atoms with van der Waals surface area (Å²) in [5.74, 6) is 0.0520. The second-order valence-corrected chi connectivity index (χ2v) is 7.92. The molecule has 180 valence electrons. The van der Waals surface area contributed by atoms with Gasteiger partial charge in [0, 0.05) is 37.1 Å². The quantitative estimate of drug-likeness (QED) is 0.304. The minimum absolute atomic E-state index is 0.0245. The lowest BCUT2D eigenvalue weighted by molar-refractivity contribution is 0.102. The van der Waals surface area contributed by atoms with Gasteiger partial charge < -0.3 is 16.0 Å². The Kier molecular flexibility index (Phi) is 6.86. The number of nitrogens with zero attached hydrogens (tertiary/aromatic N) is 4. The lowest BCUT2D eigenvalue weighted by atomic mass is 10.1. The average molecular weight is 477 g/mol. The average Bonchev–Trinajstić information content (AvgIpc) is 3.17. The van der Waals surface area contributed by atoms with Gasteiger partial charge in [0.05, 0.1) is 16.9 Å². The van der Waals surface area contributed by atoms with E-state index >= 15 is 0 Å². The second kappa shape index (κ2) is 10.2. The van der Waals surface area contributed by atoms with Crippen LogP contribution in [0.25, 0.3) is 11.3 Å². The van der Waals surface area contributed by atoms with Crippen LogP contribution in [-0.4, -0.2) is 37.4 Å². The number of nitrogens with one attached hydrogen (secondary N) is 4. The molecule has 0 bridgehead atoms. The van der Waals surface area contributed by atoms with Gasteiger partial charge in [-0.25, -0.2) is 14.5 Å². The normalized spacial score (nSPS) is 10.7. The third-order valence-corrected chi connectivity index (χ3v) is 5.27. The third kappa shape index (κ3) is 5.52. The fourth-order valence-corrected chi connectivity index (χ4v) is 3.27. The Labute approximate surface area is 200 Å². The maximum atomic E-state index is 14.5. The van der Waals surface area contributed by atoms with Crippen molar-refractivity contribution in [1.82, 2.24) is 25.0 Å². The van der Waals surface area contributed by atoms with Crippen molar-refractivity contribution in [2.75, 3.05) is 22.5 Å². The molecule has 0 radical (unpaired) electrons. The zero-order valence-corrected chi connectivity index (χ0v) is 19.5. The number of halogens is 1. The highest BCUT2D eigenvalue weighted by atomic mass is 19.1. The molecule has 35 heavy (non-hydrogen) atoms. The fraction of sp³-hybridized carbons (Fsp3) is 0.208. The van der Waals surface area contributed by atoms with Gasteiger partial charge in [0.15, 0.2) is 5.82 Å². The number of carbonyl (C=O) groups excluding carboxylic acids is 1. The van der Waals surface area contributed by atoms with Crippen molar-refractivity contribution in [1.29, 1.82) is 0 Å². The summed E-state index contributed by atoms with van der Waals surface area (Å²) in [7, 11) is 1.80. The van der Waals surface area contributed by atoms with Crippen molar-refractivity contribution in [3.05, 3.63) is 76.1 Å². The molecule has 0 aliphatic heterocycles. The lowest BCUT2D eigenvalue weighted by Gasteiger charge is -2.10. The first-order chi connectivity index (χ1) is 16.8. The molecule has 0 atom stereocenters. The Balaban J connectivity index is 1.55. The van der Waals surface area contributed by atoms with Crippen molar-refractivity contribution >= 4 is 28.9 Å². The number of carbonyl (C=O) groups is 1. The third-order valence-electron chi connectivity index (χ3n) is 5.27. The number of aryl methyl sites for hydroxylation is 2. The van der Waals surface area contributed by atoms with Gasteiger partial charge in [0.25, 0.3) is 11.5 Å². The first kappa shape index (κ1) is 23.6. The molecule has 1 amide bonds. The van der Waals surface area contributed by atoms with E-state index in [1.165, 1.54) is 30.5 Å². The number of hydrogen-bond acceptors (Lipinski definition) is 7. The molecule has 0 spiro atoms. The Morgan fingerprint density at radius 3 is 2.63 bits per heavy atom. The van der Waals surface area contributed by atoms with Gasteiger partial charge in [-0.15, -0.1) is 0 Å². The van der Waals surface area contributed by atoms with Crippen LogP contribution in [0.5, 0.6) is 0 Å². The minimum Gasteiger partial charge on any atom is -0.370 e. The number of rotatable bonds is 8. The first-order valence-electron chi connectivity index (χ1n) is 11.0. The second-order valence-electron chi connectivity index (χ2n) is 7.92. The van der Waals surface area contributed by atoms with Gasteiger partial charge in [0.2, 0.25) is 0 Å². The molecule has 0 saturated heterocycles. The molecule has 4 N–H and O–H groups in total. The predicted molar refractivity (Wildman–Crippen MR) is 132 cm³/mol. The van der Waals surface area contributed by atoms with Gasteiger partial charge in [0.1, 0.15) is 17.3 Å². The molecular formula is C24H25FN8O2. The maximum Gasteiger partial charge on any atom is 0.287 e. The van der Waals surface area contributed by atoms with Crippen LogP contribution >= 0.6 is 0 Å². The molecule has 0 unspecified atom stereocenters. The van der Waals surface area contributed by atoms with E-state index in [4.69, 9.17) is 0 Å². The minimum atomic E-state index is -0.608. The molecule has 10 nitrogen and oxygen atoms in total. The van der Waals surface area contributed by atoms with Gasteiger partial charge in [-0.3, -0.25) is 14.3 Å². The molecule has 0 saturated carbocycles. The van der Waals surface area contributed by atoms with E-state index in [-0.39, 0.29) is 16.9 Å². The fourth-order valence-electron chi connectivity index (χ4n) is 3.27. The van der Waals surface area contributed by atoms with Crippen LogP contribution in [0, 0.1) is 12.7 Å². The standard InChI is InChI=1S/C24H25FN8O2/c1-4-9-26-21-8-6-16(13-27-21)23(34)29-19-11-15(5-7-17(19)25)18-12-20(24(35)31-30-18)28-22-10-14(2)33(3)32-22/h5-8,10-13H,4,9H2,1-3H3,(H,26,27)(H,29,34)(H,31,35)(H,28,30,32). The van der Waals surface area contributed by atoms with E-state index in [1.807, 2.05) is 13.8 Å². The summed E-state index contributed by atoms with van der Waals surface area (Å²) < 4.78 is 16.2. The highest BCUT2D eigenvalue weighted by molar-refractivity contribution is 6.04. The van der Waals surface area contributed by atoms with E-state index in [0.29, 0.717) is 22.9 Å². The van der Waals surface area contributed by atoms with Crippen molar-refractivity contribution in [2.24, 2.45) is 7.05 Å². The molecule has 1 aromatic carbocycles. The summed E-state index contributed by atoms with van der Waals surface area (Å²) in [6.07, 6.45) is 2.37. The van der Waals surface area contributed by atoms with Gasteiger partial charge in [-0.1, -0.05) is 6.92 Å². The van der Waals surface area contributed by atoms with Crippen molar-refractivity contribution in [2.45, 2.75) is 20.3 Å². The number of H-pyrrole nitrogens is 1. The van der Waals surface area contributed by atoms with E-state index in [0.717, 1.165) is 18.7 Å². The van der Waals surface area contributed by atoms with Crippen LogP contribution in [-0.2, 0) is 7.05 Å². The van der Waals surface area contributed by atoms with Gasteiger partial charge in [-0.2, -0.15) is 10.2 Å². The SMILES string of the molecule is CCCNc1ccc(C(=O)Nc2cc(-c3cc(Nc4cc(C)n(C)n4)c(=O)[nH]n3)ccc2F)cn1. The van der Waals surface area contributed by atoms with Crippen LogP contribution in [0.15, 0.2) is 53.5 Å². The largest absolute Gasteiger partial charge is 0.370 e. The van der Waals surface area contributed by atoms with Crippen molar-refractivity contribution in [3.63, 3.8) is 0 Å². The number of amides is 1. The van der Waals surface area contributed by atoms with E-state index in [9.17, 15) is 14.0 Å². The molecule has 11 heteroatoms. The smallest absolute Gasteiger partial charge is 0.287 e. The first-order valence-corrected chi connectivity index (χ1v) is 11.0. The summed E-state index contributed by atoms with van der Waals surface area (Å²) >= 11 is 0. The summed E-state index contributed by atoms with van der Waals surface area (Å²) in [6, 6.07) is 10.8. The van der Waals surface area contributed by atoms with Crippen LogP contribution < -0.4 is 21.5 Å². The van der Waals surface area contributed by atoms with Crippen LogP contribution in [0.3, 0.4) is 0 Å². The molecule has 0 aliphatic carbocycles. The number of aromatic nitrogens is 5. The summed E-state index contributed by atoms with van der Waals surface area (Å²) in [6.45, 7) is 4.70. The van der Waals surface area contributed by atoms with Gasteiger partial charge in [-0.05, 0) is 49.7 Å². The lowest BCUT2D eigenvalue weighted by Crippen LogP contribution is -2.15. The Morgan fingerprint density at radius 2 is 1.94 bits per heavy atom. The maximum absolute atomic E-state index is 14.5. The van der Waals surface area contributed by atoms with E-state index in [2.05, 4.69) is 36.2 Å². The van der Waals surface area contributed by atoms with Crippen LogP contribution in [0.2, 0.25) is 0 Å². The number of aromatic amines is 1. The zero-order chi connectivity index (χ0) is 24.9. The Hall–Kier alpha value is -4.54. The van der Waals surface area contributed by atoms with Crippen molar-refractivity contribution in [3.8, 4) is 11.3 Å². The number of pyridine rings is 1. The molecule has 3 heterocycles. The van der Waals surface area contributed by atoms with Crippen LogP contribution in [0.4, 0.5) is 27.4 Å². The monoisotopic (exact) mass is 476 g/mol. The summed E-state index contributed by atoms with van der Waals surface area (Å²) in [5, 5.41) is 19.4. The van der Waals surface area contributed by atoms with Gasteiger partial charge >= 0.3 is 0 Å². The molecule has 3 aromatic heterocycles.